The van der Waals surface area contributed by atoms with Crippen LogP contribution in [0.5, 0.6) is 0 Å². The Labute approximate surface area is 134 Å². The van der Waals surface area contributed by atoms with E-state index in [0.717, 1.165) is 45.6 Å². The van der Waals surface area contributed by atoms with Gasteiger partial charge in [-0.1, -0.05) is 18.7 Å². The molecule has 1 rings (SSSR count). The maximum atomic E-state index is 12.7. The molecule has 1 atom stereocenters. The molecular formula is C14H27N3O2S2. The smallest absolute Gasteiger partial charge is 0.137 e. The quantitative estimate of drug-likeness (QED) is 0.756. The normalized spacial score (nSPS) is 22.3. The molecule has 21 heavy (non-hydrogen) atoms. The Kier molecular flexibility index (Phi) is 8.39. The maximum Gasteiger partial charge on any atom is 0.137 e. The second kappa shape index (κ2) is 9.50. The van der Waals surface area contributed by atoms with Crippen molar-refractivity contribution in [3.05, 3.63) is 21.1 Å². The number of rotatable bonds is 5. The lowest BCUT2D eigenvalue weighted by molar-refractivity contribution is 0.238. The van der Waals surface area contributed by atoms with Crippen molar-refractivity contribution in [1.29, 1.82) is 0 Å². The van der Waals surface area contributed by atoms with Crippen LogP contribution in [-0.2, 0) is 11.0 Å². The van der Waals surface area contributed by atoms with Gasteiger partial charge in [0.05, 0.1) is 0 Å². The van der Waals surface area contributed by atoms with Gasteiger partial charge in [-0.3, -0.25) is 0 Å². The van der Waals surface area contributed by atoms with Crippen LogP contribution in [0.4, 0.5) is 0 Å². The summed E-state index contributed by atoms with van der Waals surface area (Å²) in [6.45, 7) is 10.2. The number of nitrogens with zero attached hydrogens (tertiary/aromatic N) is 2. The van der Waals surface area contributed by atoms with E-state index in [1.54, 1.807) is 19.3 Å². The lowest BCUT2D eigenvalue weighted by atomic mass is 10.3. The van der Waals surface area contributed by atoms with Crippen LogP contribution in [0.3, 0.4) is 0 Å². The monoisotopic (exact) mass is 333 g/mol. The van der Waals surface area contributed by atoms with Crippen LogP contribution >= 0.6 is 11.8 Å². The largest absolute Gasteiger partial charge is 0.511 e. The van der Waals surface area contributed by atoms with Crippen LogP contribution in [0.15, 0.2) is 21.1 Å². The molecule has 0 amide bonds. The first-order valence-corrected chi connectivity index (χ1v) is 9.32. The van der Waals surface area contributed by atoms with Crippen LogP contribution < -0.4 is 5.73 Å². The molecule has 0 aromatic heterocycles. The average molecular weight is 334 g/mol. The maximum absolute atomic E-state index is 12.7. The first-order valence-electron chi connectivity index (χ1n) is 7.33. The van der Waals surface area contributed by atoms with Crippen LogP contribution in [0.25, 0.3) is 0 Å². The summed E-state index contributed by atoms with van der Waals surface area (Å²) in [7, 11) is -1.32. The fourth-order valence-electron chi connectivity index (χ4n) is 2.16. The Morgan fingerprint density at radius 1 is 1.29 bits per heavy atom. The SMILES string of the molecule is CCN1CCCN(S(=O)/C(S/C=C(\C)N)=C(/C)O)CCC1. The van der Waals surface area contributed by atoms with Gasteiger partial charge in [-0.05, 0) is 51.7 Å². The highest BCUT2D eigenvalue weighted by atomic mass is 32.2. The molecule has 0 aromatic carbocycles. The van der Waals surface area contributed by atoms with Gasteiger partial charge in [0.15, 0.2) is 0 Å². The fraction of sp³-hybridized carbons (Fsp3) is 0.714. The molecule has 1 saturated heterocycles. The van der Waals surface area contributed by atoms with E-state index in [9.17, 15) is 9.32 Å². The summed E-state index contributed by atoms with van der Waals surface area (Å²) in [6, 6.07) is 0. The van der Waals surface area contributed by atoms with Crippen molar-refractivity contribution in [3.63, 3.8) is 0 Å². The molecule has 0 bridgehead atoms. The summed E-state index contributed by atoms with van der Waals surface area (Å²) in [4.78, 5) is 2.42. The van der Waals surface area contributed by atoms with E-state index in [4.69, 9.17) is 5.73 Å². The highest BCUT2D eigenvalue weighted by Crippen LogP contribution is 2.27. The van der Waals surface area contributed by atoms with Gasteiger partial charge in [0.2, 0.25) is 0 Å². The minimum Gasteiger partial charge on any atom is -0.511 e. The van der Waals surface area contributed by atoms with Gasteiger partial charge in [0.1, 0.15) is 21.0 Å². The lowest BCUT2D eigenvalue weighted by Crippen LogP contribution is -2.37. The zero-order valence-corrected chi connectivity index (χ0v) is 14.8. The standard InChI is InChI=1S/C14H27N3O2S2/c1-4-16-7-5-9-17(10-6-8-16)21(19)14(13(3)18)20-11-12(2)15/h11,18H,4-10,15H2,1-3H3/b12-11+,14-13-. The summed E-state index contributed by atoms with van der Waals surface area (Å²) < 4.78 is 15.1. The predicted octanol–water partition coefficient (Wildman–Crippen LogP) is 2.37. The van der Waals surface area contributed by atoms with E-state index >= 15 is 0 Å². The van der Waals surface area contributed by atoms with E-state index in [1.807, 2.05) is 4.31 Å². The Bertz CT molecular complexity index is 406. The third kappa shape index (κ3) is 6.42. The number of hydrogen-bond donors (Lipinski definition) is 2. The first kappa shape index (κ1) is 18.5. The molecule has 0 saturated carbocycles. The third-order valence-electron chi connectivity index (χ3n) is 3.25. The lowest BCUT2D eigenvalue weighted by Gasteiger charge is -2.29. The Balaban J connectivity index is 2.71. The van der Waals surface area contributed by atoms with Gasteiger partial charge in [-0.2, -0.15) is 0 Å². The summed E-state index contributed by atoms with van der Waals surface area (Å²) in [5, 5.41) is 11.5. The van der Waals surface area contributed by atoms with E-state index in [2.05, 4.69) is 11.8 Å². The molecule has 0 aliphatic carbocycles. The third-order valence-corrected chi connectivity index (χ3v) is 6.41. The van der Waals surface area contributed by atoms with Crippen LogP contribution in [0.2, 0.25) is 0 Å². The molecule has 3 N–H and O–H groups in total. The first-order chi connectivity index (χ1) is 9.95. The van der Waals surface area contributed by atoms with Gasteiger partial charge < -0.3 is 15.7 Å². The highest BCUT2D eigenvalue weighted by molar-refractivity contribution is 8.17. The average Bonchev–Trinajstić information content (AvgIpc) is 2.37. The number of aliphatic hydroxyl groups excluding tert-OH is 1. The molecule has 7 heteroatoms. The number of hydrogen-bond acceptors (Lipinski definition) is 5. The van der Waals surface area contributed by atoms with Crippen molar-refractivity contribution in [1.82, 2.24) is 9.21 Å². The van der Waals surface area contributed by atoms with Crippen molar-refractivity contribution in [2.24, 2.45) is 5.73 Å². The molecule has 1 unspecified atom stereocenters. The van der Waals surface area contributed by atoms with E-state index in [-0.39, 0.29) is 5.76 Å². The minimum absolute atomic E-state index is 0.105. The predicted molar refractivity (Wildman–Crippen MR) is 91.9 cm³/mol. The van der Waals surface area contributed by atoms with Crippen LogP contribution in [0.1, 0.15) is 33.6 Å². The van der Waals surface area contributed by atoms with Gasteiger partial charge in [0.25, 0.3) is 0 Å². The summed E-state index contributed by atoms with van der Waals surface area (Å²) in [5.41, 5.74) is 6.25. The molecule has 1 heterocycles. The molecule has 0 aromatic rings. The summed E-state index contributed by atoms with van der Waals surface area (Å²) >= 11 is 1.25. The number of aliphatic hydroxyl groups is 1. The van der Waals surface area contributed by atoms with E-state index in [1.165, 1.54) is 11.8 Å². The van der Waals surface area contributed by atoms with Gasteiger partial charge in [-0.15, -0.1) is 0 Å². The van der Waals surface area contributed by atoms with Crippen molar-refractivity contribution < 1.29 is 9.32 Å². The van der Waals surface area contributed by atoms with Crippen molar-refractivity contribution >= 4 is 22.7 Å². The summed E-state index contributed by atoms with van der Waals surface area (Å²) in [6.07, 6.45) is 1.99. The minimum atomic E-state index is -1.32. The number of nitrogens with two attached hydrogens (primary N) is 1. The van der Waals surface area contributed by atoms with Crippen molar-refractivity contribution in [2.75, 3.05) is 32.7 Å². The molecule has 0 radical (unpaired) electrons. The molecular weight excluding hydrogens is 306 g/mol. The van der Waals surface area contributed by atoms with Gasteiger partial charge in [0, 0.05) is 18.8 Å². The highest BCUT2D eigenvalue weighted by Gasteiger charge is 2.21. The van der Waals surface area contributed by atoms with E-state index in [0.29, 0.717) is 9.93 Å². The second-order valence-corrected chi connectivity index (χ2v) is 7.73. The van der Waals surface area contributed by atoms with E-state index < -0.39 is 11.0 Å². The molecule has 1 aliphatic rings. The molecule has 122 valence electrons. The molecule has 1 fully saturated rings. The zero-order chi connectivity index (χ0) is 15.8. The van der Waals surface area contributed by atoms with Gasteiger partial charge in [-0.25, -0.2) is 8.51 Å². The molecule has 0 spiro atoms. The second-order valence-electron chi connectivity index (χ2n) is 5.17. The fourth-order valence-corrected chi connectivity index (χ4v) is 4.49. The van der Waals surface area contributed by atoms with Crippen molar-refractivity contribution in [2.45, 2.75) is 33.6 Å². The zero-order valence-electron chi connectivity index (χ0n) is 13.2. The number of allylic oxidation sites excluding steroid dienone is 2. The summed E-state index contributed by atoms with van der Waals surface area (Å²) in [5.74, 6) is 0.105. The Morgan fingerprint density at radius 2 is 1.86 bits per heavy atom. The Hall–Kier alpha value is -0.500. The number of thioether (sulfide) groups is 1. The van der Waals surface area contributed by atoms with Crippen molar-refractivity contribution in [3.8, 4) is 0 Å². The van der Waals surface area contributed by atoms with Crippen LogP contribution in [-0.4, -0.2) is 51.2 Å². The molecule has 1 aliphatic heterocycles. The van der Waals surface area contributed by atoms with Crippen LogP contribution in [0, 0.1) is 0 Å². The van der Waals surface area contributed by atoms with Gasteiger partial charge >= 0.3 is 0 Å². The Morgan fingerprint density at radius 3 is 2.29 bits per heavy atom. The molecule has 5 nitrogen and oxygen atoms in total. The topological polar surface area (TPSA) is 69.8 Å².